The van der Waals surface area contributed by atoms with Crippen LogP contribution in [0, 0.1) is 34.0 Å². The molecule has 21 heteroatoms. The van der Waals surface area contributed by atoms with Gasteiger partial charge in [0, 0.05) is 0 Å². The predicted molar refractivity (Wildman–Crippen MR) is 203 cm³/mol. The summed E-state index contributed by atoms with van der Waals surface area (Å²) in [5.41, 5.74) is -0.0436. The summed E-state index contributed by atoms with van der Waals surface area (Å²) in [5, 5.41) is 52.7. The van der Waals surface area contributed by atoms with Crippen LogP contribution in [0.4, 0.5) is 0 Å². The van der Waals surface area contributed by atoms with Crippen LogP contribution < -0.4 is 118 Å². The normalized spacial score (nSPS) is 9.26. The number of aromatic hydroxyl groups is 1. The summed E-state index contributed by atoms with van der Waals surface area (Å²) in [6.45, 7) is 10.0. The van der Waals surface area contributed by atoms with Crippen molar-refractivity contribution >= 4 is 75.1 Å². The zero-order valence-electron chi connectivity index (χ0n) is 33.2. The van der Waals surface area contributed by atoms with Gasteiger partial charge in [-0.3, -0.25) is 9.59 Å². The van der Waals surface area contributed by atoms with Gasteiger partial charge in [0.05, 0.1) is 31.8 Å². The van der Waals surface area contributed by atoms with Gasteiger partial charge in [0.2, 0.25) is 0 Å². The van der Waals surface area contributed by atoms with E-state index >= 15 is 0 Å². The van der Waals surface area contributed by atoms with Gasteiger partial charge in [-0.05, 0) is 96.1 Å². The molecule has 0 bridgehead atoms. The van der Waals surface area contributed by atoms with E-state index in [0.29, 0.717) is 37.7 Å². The molecule has 3 rings (SSSR count). The van der Waals surface area contributed by atoms with Gasteiger partial charge in [0.15, 0.2) is 13.2 Å². The SMILES string of the molecule is CC(C)(C)OC(=O)CBr.CC(C)(C)OC(=O)COc1ccc(Cl)c(C#N)c1.N#Cc1cc(O)ccc1Cl.N#Cc1cc(OCC(=O)O)ccc1Cl.O=CO[O-].[H-].[K+].[K+]. The molecule has 0 amide bonds. The summed E-state index contributed by atoms with van der Waals surface area (Å²) in [6.07, 6.45) is 0. The molecule has 57 heavy (non-hydrogen) atoms. The van der Waals surface area contributed by atoms with Crippen LogP contribution in [0.25, 0.3) is 0 Å². The molecule has 3 aromatic rings. The molecule has 0 unspecified atom stereocenters. The topological polar surface area (TPSA) is 249 Å². The number of aliphatic carboxylic acids is 1. The van der Waals surface area contributed by atoms with Crippen LogP contribution in [0.1, 0.15) is 59.7 Å². The largest absolute Gasteiger partial charge is 1.00 e. The van der Waals surface area contributed by atoms with Crippen LogP contribution in [0.5, 0.6) is 17.2 Å². The number of nitrogens with zero attached hydrogens (tertiary/aromatic N) is 3. The molecule has 0 saturated heterocycles. The van der Waals surface area contributed by atoms with E-state index in [1.54, 1.807) is 32.9 Å². The molecule has 0 heterocycles. The van der Waals surface area contributed by atoms with Crippen LogP contribution in [-0.2, 0) is 33.5 Å². The molecule has 15 nitrogen and oxygen atoms in total. The number of halogens is 4. The Bertz CT molecular complexity index is 1860. The minimum Gasteiger partial charge on any atom is -1.00 e. The van der Waals surface area contributed by atoms with E-state index in [0.717, 1.165) is 0 Å². The summed E-state index contributed by atoms with van der Waals surface area (Å²) in [5.74, 6) is -0.979. The van der Waals surface area contributed by atoms with Crippen LogP contribution in [0.15, 0.2) is 54.6 Å². The molecular formula is C36H37BrCl3K2N3O12. The van der Waals surface area contributed by atoms with E-state index in [9.17, 15) is 14.4 Å². The number of carboxylic acid groups (broad SMARTS) is 1. The van der Waals surface area contributed by atoms with Crippen LogP contribution in [0.2, 0.25) is 15.1 Å². The summed E-state index contributed by atoms with van der Waals surface area (Å²) < 4.78 is 20.1. The van der Waals surface area contributed by atoms with Crippen molar-refractivity contribution in [2.45, 2.75) is 52.7 Å². The zero-order valence-corrected chi connectivity index (χ0v) is 42.3. The number of ether oxygens (including phenoxy) is 4. The van der Waals surface area contributed by atoms with Gasteiger partial charge >= 0.3 is 121 Å². The molecular weight excluding hydrogens is 931 g/mol. The first-order valence-electron chi connectivity index (χ1n) is 15.0. The Labute approximate surface area is 440 Å². The number of carbonyl (C=O) groups excluding carboxylic acids is 3. The third-order valence-corrected chi connectivity index (χ3v) is 6.34. The fourth-order valence-corrected chi connectivity index (χ4v) is 3.58. The number of carboxylic acids is 1. The molecule has 0 aliphatic rings. The maximum Gasteiger partial charge on any atom is 1.00 e. The molecule has 0 fully saturated rings. The van der Waals surface area contributed by atoms with Crippen molar-refractivity contribution in [3.63, 3.8) is 0 Å². The number of hydrogen-bond acceptors (Lipinski definition) is 14. The average molecular weight is 968 g/mol. The van der Waals surface area contributed by atoms with Crippen molar-refractivity contribution in [1.29, 1.82) is 15.8 Å². The van der Waals surface area contributed by atoms with E-state index in [4.69, 9.17) is 89.8 Å². The van der Waals surface area contributed by atoms with Gasteiger partial charge in [-0.15, -0.1) is 0 Å². The molecule has 0 radical (unpaired) electrons. The number of benzene rings is 3. The van der Waals surface area contributed by atoms with Crippen LogP contribution in [0.3, 0.4) is 0 Å². The van der Waals surface area contributed by atoms with Gasteiger partial charge < -0.3 is 40.7 Å². The Hall–Kier alpha value is -2.01. The summed E-state index contributed by atoms with van der Waals surface area (Å²) in [4.78, 5) is 43.4. The number of phenols is 1. The second-order valence-electron chi connectivity index (χ2n) is 11.8. The first kappa shape index (κ1) is 61.7. The van der Waals surface area contributed by atoms with Crippen LogP contribution >= 0.6 is 50.7 Å². The first-order chi connectivity index (χ1) is 25.6. The Morgan fingerprint density at radius 3 is 1.39 bits per heavy atom. The summed E-state index contributed by atoms with van der Waals surface area (Å²) in [6, 6.07) is 18.9. The Kier molecular flexibility index (Phi) is 36.5. The smallest absolute Gasteiger partial charge is 1.00 e. The van der Waals surface area contributed by atoms with Gasteiger partial charge in [0.1, 0.15) is 52.0 Å². The first-order valence-corrected chi connectivity index (χ1v) is 17.3. The average Bonchev–Trinajstić information content (AvgIpc) is 3.11. The summed E-state index contributed by atoms with van der Waals surface area (Å²) >= 11 is 20.0. The van der Waals surface area contributed by atoms with E-state index in [2.05, 4.69) is 20.8 Å². The third kappa shape index (κ3) is 33.5. The van der Waals surface area contributed by atoms with Gasteiger partial charge in [-0.1, -0.05) is 50.7 Å². The molecule has 0 atom stereocenters. The number of alkyl halides is 1. The van der Waals surface area contributed by atoms with E-state index in [1.807, 2.05) is 39.0 Å². The van der Waals surface area contributed by atoms with Crippen molar-refractivity contribution in [3.8, 4) is 35.5 Å². The number of nitriles is 3. The molecule has 2 N–H and O–H groups in total. The van der Waals surface area contributed by atoms with Gasteiger partial charge in [0.25, 0.3) is 6.47 Å². The fourth-order valence-electron chi connectivity index (χ4n) is 2.99. The maximum atomic E-state index is 11.4. The third-order valence-electron chi connectivity index (χ3n) is 4.89. The van der Waals surface area contributed by atoms with E-state index in [-0.39, 0.29) is 145 Å². The van der Waals surface area contributed by atoms with Gasteiger partial charge in [-0.2, -0.15) is 15.8 Å². The second kappa shape index (κ2) is 33.8. The van der Waals surface area contributed by atoms with E-state index in [1.165, 1.54) is 42.5 Å². The standard InChI is InChI=1S/C13H14ClNO3.C9H6ClNO3.C7H4ClNO.C6H11BrO2.CH2O3.2K.H/c1-13(2,3)18-12(16)8-17-10-4-5-11(14)9(6-10)7-15;10-8-2-1-7(3-6(8)4-11)14-5-9(12)13;8-7-2-1-6(10)3-5(7)4-9;1-6(2,3)9-5(8)4-7;2-1-4-3;;;/h4-6H,8H2,1-3H3;1-3H,5H2,(H,12,13);1-3,10H;4H2,1-3H3;1,3H;;;/q;;;;;2*+1;-1/p-1. The summed E-state index contributed by atoms with van der Waals surface area (Å²) in [7, 11) is 0. The fraction of sp³-hybridized carbons (Fsp3) is 0.306. The van der Waals surface area contributed by atoms with Crippen molar-refractivity contribution in [1.82, 2.24) is 0 Å². The molecule has 0 saturated carbocycles. The van der Waals surface area contributed by atoms with Crippen molar-refractivity contribution in [2.75, 3.05) is 18.5 Å². The maximum absolute atomic E-state index is 11.4. The van der Waals surface area contributed by atoms with Crippen molar-refractivity contribution in [2.24, 2.45) is 0 Å². The minimum absolute atomic E-state index is 0. The molecule has 3 aromatic carbocycles. The van der Waals surface area contributed by atoms with Crippen molar-refractivity contribution in [3.05, 3.63) is 86.4 Å². The second-order valence-corrected chi connectivity index (χ2v) is 13.5. The molecule has 298 valence electrons. The molecule has 0 spiro atoms. The number of phenolic OH excluding ortho intramolecular Hbond substituents is 1. The minimum atomic E-state index is -1.07. The molecule has 0 aromatic heterocycles. The zero-order chi connectivity index (χ0) is 42.8. The monoisotopic (exact) mass is 965 g/mol. The Morgan fingerprint density at radius 2 is 1.09 bits per heavy atom. The number of hydrogen-bond donors (Lipinski definition) is 2. The molecule has 0 aliphatic heterocycles. The van der Waals surface area contributed by atoms with Crippen molar-refractivity contribution < 1.29 is 163 Å². The molecule has 0 aliphatic carbocycles. The number of carbonyl (C=O) groups is 4. The van der Waals surface area contributed by atoms with Crippen LogP contribution in [-0.4, -0.2) is 64.3 Å². The van der Waals surface area contributed by atoms with E-state index < -0.39 is 24.1 Å². The quantitative estimate of drug-likeness (QED) is 0.0792. The Morgan fingerprint density at radius 1 is 0.737 bits per heavy atom. The predicted octanol–water partition coefficient (Wildman–Crippen LogP) is 0.803. The van der Waals surface area contributed by atoms with Gasteiger partial charge in [-0.25, -0.2) is 9.59 Å². The Balaban J connectivity index is -0.000000211. The number of rotatable bonds is 8. The number of esters is 2.